The van der Waals surface area contributed by atoms with Crippen LogP contribution in [0.3, 0.4) is 0 Å². The van der Waals surface area contributed by atoms with E-state index in [-0.39, 0.29) is 6.61 Å². The maximum atomic E-state index is 9.35. The van der Waals surface area contributed by atoms with Gasteiger partial charge in [0.2, 0.25) is 0 Å². The summed E-state index contributed by atoms with van der Waals surface area (Å²) in [5.74, 6) is 0.763. The third-order valence-corrected chi connectivity index (χ3v) is 4.09. The van der Waals surface area contributed by atoms with Gasteiger partial charge < -0.3 is 10.1 Å². The number of aliphatic hydroxyl groups excluding tert-OH is 1. The van der Waals surface area contributed by atoms with Crippen molar-refractivity contribution in [1.82, 2.24) is 15.3 Å². The first kappa shape index (κ1) is 15.7. The number of imidazole rings is 1. The Bertz CT molecular complexity index is 729. The highest BCUT2D eigenvalue weighted by Gasteiger charge is 2.38. The largest absolute Gasteiger partial charge is 0.395 e. The Morgan fingerprint density at radius 2 is 1.74 bits per heavy atom. The lowest BCUT2D eigenvalue weighted by Crippen LogP contribution is -2.46. The van der Waals surface area contributed by atoms with Crippen LogP contribution in [0.2, 0.25) is 5.02 Å². The number of nitrogens with zero attached hydrogens (tertiary/aromatic N) is 1. The number of halogens is 1. The minimum Gasteiger partial charge on any atom is -0.395 e. The summed E-state index contributed by atoms with van der Waals surface area (Å²) in [4.78, 5) is 7.69. The minimum atomic E-state index is -0.682. The van der Waals surface area contributed by atoms with Crippen LogP contribution in [0.5, 0.6) is 0 Å². The summed E-state index contributed by atoms with van der Waals surface area (Å²) in [6.07, 6.45) is 3.52. The van der Waals surface area contributed by atoms with Gasteiger partial charge in [0.1, 0.15) is 11.4 Å². The van der Waals surface area contributed by atoms with Gasteiger partial charge in [0.25, 0.3) is 0 Å². The molecular formula is C18H18ClN3O. The van der Waals surface area contributed by atoms with Crippen LogP contribution >= 0.6 is 11.6 Å². The standard InChI is InChI=1S/C18H18ClN3O/c19-16-8-6-15(7-9-16)18(22-12-13-23,17-20-10-11-21-17)14-4-2-1-3-5-14/h1-11,22-23H,12-13H2,(H,20,21). The molecule has 1 aromatic heterocycles. The molecule has 1 heterocycles. The number of aromatic amines is 1. The molecule has 0 saturated heterocycles. The van der Waals surface area contributed by atoms with Gasteiger partial charge in [-0.3, -0.25) is 5.32 Å². The van der Waals surface area contributed by atoms with Crippen LogP contribution < -0.4 is 5.32 Å². The summed E-state index contributed by atoms with van der Waals surface area (Å²) in [7, 11) is 0. The number of hydrogen-bond donors (Lipinski definition) is 3. The van der Waals surface area contributed by atoms with Crippen molar-refractivity contribution < 1.29 is 5.11 Å². The van der Waals surface area contributed by atoms with Crippen molar-refractivity contribution in [2.75, 3.05) is 13.2 Å². The predicted molar refractivity (Wildman–Crippen MR) is 91.5 cm³/mol. The van der Waals surface area contributed by atoms with Crippen molar-refractivity contribution in [3.8, 4) is 0 Å². The van der Waals surface area contributed by atoms with Crippen molar-refractivity contribution in [1.29, 1.82) is 0 Å². The van der Waals surface area contributed by atoms with E-state index in [0.717, 1.165) is 17.0 Å². The number of aliphatic hydroxyl groups is 1. The molecule has 0 amide bonds. The van der Waals surface area contributed by atoms with E-state index in [4.69, 9.17) is 11.6 Å². The molecule has 0 bridgehead atoms. The average Bonchev–Trinajstić information content (AvgIpc) is 3.13. The molecule has 5 heteroatoms. The molecular weight excluding hydrogens is 310 g/mol. The van der Waals surface area contributed by atoms with Crippen molar-refractivity contribution >= 4 is 11.6 Å². The van der Waals surface area contributed by atoms with E-state index in [1.54, 1.807) is 12.4 Å². The van der Waals surface area contributed by atoms with E-state index in [0.29, 0.717) is 11.6 Å². The van der Waals surface area contributed by atoms with Gasteiger partial charge in [-0.25, -0.2) is 4.98 Å². The van der Waals surface area contributed by atoms with Gasteiger partial charge in [-0.2, -0.15) is 0 Å². The van der Waals surface area contributed by atoms with E-state index < -0.39 is 5.54 Å². The molecule has 3 N–H and O–H groups in total. The smallest absolute Gasteiger partial charge is 0.135 e. The van der Waals surface area contributed by atoms with E-state index in [1.165, 1.54) is 0 Å². The third kappa shape index (κ3) is 3.01. The predicted octanol–water partition coefficient (Wildman–Crippen LogP) is 2.94. The van der Waals surface area contributed by atoms with Crippen LogP contribution in [0.25, 0.3) is 0 Å². The summed E-state index contributed by atoms with van der Waals surface area (Å²) in [5.41, 5.74) is 1.35. The maximum Gasteiger partial charge on any atom is 0.135 e. The highest BCUT2D eigenvalue weighted by atomic mass is 35.5. The second-order valence-electron chi connectivity index (χ2n) is 5.21. The number of aromatic nitrogens is 2. The molecule has 3 aromatic rings. The Balaban J connectivity index is 2.23. The van der Waals surface area contributed by atoms with Gasteiger partial charge in [0.15, 0.2) is 0 Å². The van der Waals surface area contributed by atoms with Crippen molar-refractivity contribution in [2.24, 2.45) is 0 Å². The number of nitrogens with one attached hydrogen (secondary N) is 2. The summed E-state index contributed by atoms with van der Waals surface area (Å²) >= 11 is 6.05. The Hall–Kier alpha value is -2.14. The normalized spacial score (nSPS) is 13.7. The second-order valence-corrected chi connectivity index (χ2v) is 5.65. The molecule has 4 nitrogen and oxygen atoms in total. The van der Waals surface area contributed by atoms with E-state index in [2.05, 4.69) is 15.3 Å². The summed E-state index contributed by atoms with van der Waals surface area (Å²) < 4.78 is 0. The van der Waals surface area contributed by atoms with Crippen LogP contribution in [-0.2, 0) is 5.54 Å². The van der Waals surface area contributed by atoms with Gasteiger partial charge in [-0.15, -0.1) is 0 Å². The SMILES string of the molecule is OCCNC(c1ccccc1)(c1ccc(Cl)cc1)c1ncc[nH]1. The fourth-order valence-electron chi connectivity index (χ4n) is 2.83. The molecule has 0 saturated carbocycles. The molecule has 0 aliphatic carbocycles. The molecule has 0 aliphatic heterocycles. The lowest BCUT2D eigenvalue weighted by atomic mass is 9.82. The Kier molecular flexibility index (Phi) is 4.76. The molecule has 23 heavy (non-hydrogen) atoms. The van der Waals surface area contributed by atoms with Crippen LogP contribution in [0.4, 0.5) is 0 Å². The topological polar surface area (TPSA) is 60.9 Å². The fraction of sp³-hybridized carbons (Fsp3) is 0.167. The van der Waals surface area contributed by atoms with Gasteiger partial charge in [-0.05, 0) is 23.3 Å². The van der Waals surface area contributed by atoms with Crippen molar-refractivity contribution in [3.05, 3.63) is 89.0 Å². The summed E-state index contributed by atoms with van der Waals surface area (Å²) in [6, 6.07) is 17.7. The number of rotatable bonds is 6. The zero-order valence-electron chi connectivity index (χ0n) is 12.5. The quantitative estimate of drug-likeness (QED) is 0.652. The first-order chi connectivity index (χ1) is 11.3. The van der Waals surface area contributed by atoms with Crippen LogP contribution in [0.15, 0.2) is 67.0 Å². The first-order valence-electron chi connectivity index (χ1n) is 7.44. The monoisotopic (exact) mass is 327 g/mol. The van der Waals surface area contributed by atoms with Gasteiger partial charge in [-0.1, -0.05) is 54.1 Å². The molecule has 2 aromatic carbocycles. The zero-order valence-corrected chi connectivity index (χ0v) is 13.3. The Morgan fingerprint density at radius 3 is 2.35 bits per heavy atom. The molecule has 0 fully saturated rings. The van der Waals surface area contributed by atoms with Crippen molar-refractivity contribution in [2.45, 2.75) is 5.54 Å². The van der Waals surface area contributed by atoms with Crippen LogP contribution in [0.1, 0.15) is 17.0 Å². The minimum absolute atomic E-state index is 0.0306. The molecule has 0 spiro atoms. The second kappa shape index (κ2) is 6.96. The van der Waals surface area contributed by atoms with Crippen LogP contribution in [-0.4, -0.2) is 28.2 Å². The highest BCUT2D eigenvalue weighted by Crippen LogP contribution is 2.35. The lowest BCUT2D eigenvalue weighted by Gasteiger charge is -2.34. The lowest BCUT2D eigenvalue weighted by molar-refractivity contribution is 0.275. The molecule has 0 aliphatic rings. The molecule has 118 valence electrons. The van der Waals surface area contributed by atoms with Gasteiger partial charge >= 0.3 is 0 Å². The van der Waals surface area contributed by atoms with E-state index in [1.807, 2.05) is 54.6 Å². The van der Waals surface area contributed by atoms with Gasteiger partial charge in [0, 0.05) is 24.0 Å². The first-order valence-corrected chi connectivity index (χ1v) is 7.82. The fourth-order valence-corrected chi connectivity index (χ4v) is 2.96. The number of hydrogen-bond acceptors (Lipinski definition) is 3. The Labute approximate surface area is 140 Å². The summed E-state index contributed by atoms with van der Waals surface area (Å²) in [5, 5.41) is 13.5. The molecule has 0 radical (unpaired) electrons. The number of H-pyrrole nitrogens is 1. The molecule has 1 unspecified atom stereocenters. The van der Waals surface area contributed by atoms with E-state index >= 15 is 0 Å². The number of benzene rings is 2. The third-order valence-electron chi connectivity index (χ3n) is 3.84. The van der Waals surface area contributed by atoms with Crippen LogP contribution in [0, 0.1) is 0 Å². The molecule has 3 rings (SSSR count). The van der Waals surface area contributed by atoms with Gasteiger partial charge in [0.05, 0.1) is 6.61 Å². The summed E-state index contributed by atoms with van der Waals surface area (Å²) in [6.45, 7) is 0.459. The average molecular weight is 328 g/mol. The molecule has 1 atom stereocenters. The van der Waals surface area contributed by atoms with Crippen molar-refractivity contribution in [3.63, 3.8) is 0 Å². The van der Waals surface area contributed by atoms with E-state index in [9.17, 15) is 5.11 Å². The zero-order chi connectivity index (χ0) is 16.1. The Morgan fingerprint density at radius 1 is 1.04 bits per heavy atom. The highest BCUT2D eigenvalue weighted by molar-refractivity contribution is 6.30. The maximum absolute atomic E-state index is 9.35.